The number of nitrogens with zero attached hydrogens (tertiary/aromatic N) is 2. The fourth-order valence-electron chi connectivity index (χ4n) is 2.00. The molecule has 1 aromatic carbocycles. The molecule has 0 saturated heterocycles. The van der Waals surface area contributed by atoms with Crippen molar-refractivity contribution >= 4 is 5.69 Å². The Morgan fingerprint density at radius 1 is 1.48 bits per heavy atom. The number of nitrogens with one attached hydrogen (secondary N) is 1. The van der Waals surface area contributed by atoms with Gasteiger partial charge in [-0.3, -0.25) is 10.1 Å². The Morgan fingerprint density at radius 3 is 2.95 bits per heavy atom. The number of ether oxygens (including phenoxy) is 1. The monoisotopic (exact) mass is 291 g/mol. The topological polar surface area (TPSA) is 90.4 Å². The highest BCUT2D eigenvalue weighted by Gasteiger charge is 2.21. The highest BCUT2D eigenvalue weighted by Crippen LogP contribution is 2.37. The van der Waals surface area contributed by atoms with Crippen molar-refractivity contribution in [2.75, 3.05) is 20.2 Å². The first-order valence-corrected chi connectivity index (χ1v) is 6.64. The number of oxazole rings is 1. The third-order valence-corrected chi connectivity index (χ3v) is 2.98. The second kappa shape index (κ2) is 6.85. The van der Waals surface area contributed by atoms with Crippen molar-refractivity contribution in [3.63, 3.8) is 0 Å². The normalized spacial score (nSPS) is 10.6. The fraction of sp³-hybridized carbons (Fsp3) is 0.357. The smallest absolute Gasteiger partial charge is 0.311 e. The number of nitro benzene ring substituents is 1. The molecule has 0 saturated carbocycles. The summed E-state index contributed by atoms with van der Waals surface area (Å²) in [5.41, 5.74) is 0.425. The molecule has 0 atom stereocenters. The van der Waals surface area contributed by atoms with E-state index < -0.39 is 4.92 Å². The van der Waals surface area contributed by atoms with E-state index in [0.717, 1.165) is 13.1 Å². The first-order chi connectivity index (χ1) is 10.2. The molecule has 1 aromatic heterocycles. The zero-order valence-electron chi connectivity index (χ0n) is 12.0. The molecule has 0 bridgehead atoms. The van der Waals surface area contributed by atoms with Gasteiger partial charge in [-0.05, 0) is 12.6 Å². The van der Waals surface area contributed by atoms with Gasteiger partial charge in [0.15, 0.2) is 11.7 Å². The van der Waals surface area contributed by atoms with Crippen LogP contribution in [0.3, 0.4) is 0 Å². The Bertz CT molecular complexity index is 624. The van der Waals surface area contributed by atoms with E-state index in [1.54, 1.807) is 18.3 Å². The van der Waals surface area contributed by atoms with Crippen LogP contribution in [0.4, 0.5) is 5.69 Å². The molecule has 1 N–H and O–H groups in total. The van der Waals surface area contributed by atoms with Crippen molar-refractivity contribution in [3.8, 4) is 17.1 Å². The maximum Gasteiger partial charge on any atom is 0.311 e. The third kappa shape index (κ3) is 3.38. The molecule has 112 valence electrons. The standard InChI is InChI=1S/C14H17N3O4/c1-3-15-8-7-13-16-9-12(21-13)10-5-4-6-11(17(18)19)14(10)20-2/h4-6,9,15H,3,7-8H2,1-2H3. The Hall–Kier alpha value is -2.41. The summed E-state index contributed by atoms with van der Waals surface area (Å²) in [7, 11) is 1.40. The summed E-state index contributed by atoms with van der Waals surface area (Å²) < 4.78 is 10.8. The van der Waals surface area contributed by atoms with E-state index in [1.807, 2.05) is 6.92 Å². The summed E-state index contributed by atoms with van der Waals surface area (Å²) in [5.74, 6) is 1.22. The summed E-state index contributed by atoms with van der Waals surface area (Å²) in [6.45, 7) is 3.67. The van der Waals surface area contributed by atoms with Crippen LogP contribution in [-0.2, 0) is 6.42 Å². The van der Waals surface area contributed by atoms with Crippen LogP contribution in [0.1, 0.15) is 12.8 Å². The number of rotatable bonds is 7. The van der Waals surface area contributed by atoms with Crippen LogP contribution in [0.5, 0.6) is 5.75 Å². The minimum atomic E-state index is -0.481. The van der Waals surface area contributed by atoms with E-state index in [-0.39, 0.29) is 11.4 Å². The van der Waals surface area contributed by atoms with Crippen molar-refractivity contribution < 1.29 is 14.1 Å². The molecule has 0 aliphatic heterocycles. The van der Waals surface area contributed by atoms with E-state index in [9.17, 15) is 10.1 Å². The molecule has 0 fully saturated rings. The van der Waals surface area contributed by atoms with E-state index in [1.165, 1.54) is 13.2 Å². The molecule has 21 heavy (non-hydrogen) atoms. The summed E-state index contributed by atoms with van der Waals surface area (Å²) in [6, 6.07) is 4.70. The highest BCUT2D eigenvalue weighted by molar-refractivity contribution is 5.71. The first-order valence-electron chi connectivity index (χ1n) is 6.64. The van der Waals surface area contributed by atoms with Crippen LogP contribution in [0, 0.1) is 10.1 Å². The lowest BCUT2D eigenvalue weighted by Gasteiger charge is -2.06. The molecule has 2 aromatic rings. The maximum absolute atomic E-state index is 11.0. The van der Waals surface area contributed by atoms with E-state index >= 15 is 0 Å². The van der Waals surface area contributed by atoms with Crippen molar-refractivity contribution in [1.82, 2.24) is 10.3 Å². The summed E-state index contributed by atoms with van der Waals surface area (Å²) >= 11 is 0. The van der Waals surface area contributed by atoms with Gasteiger partial charge in [0.25, 0.3) is 0 Å². The molecule has 1 heterocycles. The lowest BCUT2D eigenvalue weighted by Crippen LogP contribution is -2.16. The number of hydrogen-bond donors (Lipinski definition) is 1. The zero-order chi connectivity index (χ0) is 15.2. The van der Waals surface area contributed by atoms with Gasteiger partial charge in [-0.25, -0.2) is 4.98 Å². The molecule has 0 spiro atoms. The third-order valence-electron chi connectivity index (χ3n) is 2.98. The molecule has 2 rings (SSSR count). The minimum absolute atomic E-state index is 0.0967. The first kappa shape index (κ1) is 15.0. The van der Waals surface area contributed by atoms with Gasteiger partial charge in [0.1, 0.15) is 0 Å². The van der Waals surface area contributed by atoms with Crippen LogP contribution in [0.2, 0.25) is 0 Å². The highest BCUT2D eigenvalue weighted by atomic mass is 16.6. The van der Waals surface area contributed by atoms with Gasteiger partial charge in [-0.2, -0.15) is 0 Å². The number of aromatic nitrogens is 1. The Balaban J connectivity index is 2.29. The van der Waals surface area contributed by atoms with Crippen molar-refractivity contribution in [3.05, 3.63) is 40.4 Å². The van der Waals surface area contributed by atoms with Crippen LogP contribution >= 0.6 is 0 Å². The average Bonchev–Trinajstić information content (AvgIpc) is 2.95. The molecular formula is C14H17N3O4. The summed E-state index contributed by atoms with van der Waals surface area (Å²) in [4.78, 5) is 14.7. The van der Waals surface area contributed by atoms with E-state index in [0.29, 0.717) is 23.6 Å². The molecule has 0 unspecified atom stereocenters. The average molecular weight is 291 g/mol. The van der Waals surface area contributed by atoms with Gasteiger partial charge in [0, 0.05) is 19.0 Å². The Morgan fingerprint density at radius 2 is 2.29 bits per heavy atom. The minimum Gasteiger partial charge on any atom is -0.490 e. The molecule has 0 amide bonds. The Kier molecular flexibility index (Phi) is 4.89. The number of para-hydroxylation sites is 1. The van der Waals surface area contributed by atoms with Gasteiger partial charge in [-0.15, -0.1) is 0 Å². The lowest BCUT2D eigenvalue weighted by molar-refractivity contribution is -0.385. The number of nitro groups is 1. The second-order valence-corrected chi connectivity index (χ2v) is 4.34. The number of likely N-dealkylation sites (N-methyl/N-ethyl adjacent to an activating group) is 1. The molecule has 7 nitrogen and oxygen atoms in total. The molecule has 7 heteroatoms. The largest absolute Gasteiger partial charge is 0.490 e. The molecule has 0 aliphatic rings. The fourth-order valence-corrected chi connectivity index (χ4v) is 2.00. The van der Waals surface area contributed by atoms with Crippen LogP contribution < -0.4 is 10.1 Å². The quantitative estimate of drug-likeness (QED) is 0.478. The number of methoxy groups -OCH3 is 1. The molecule has 0 aliphatic carbocycles. The predicted octanol–water partition coefficient (Wildman–Crippen LogP) is 2.41. The Labute approximate surface area is 122 Å². The van der Waals surface area contributed by atoms with Crippen LogP contribution in [0.15, 0.2) is 28.8 Å². The van der Waals surface area contributed by atoms with Crippen molar-refractivity contribution in [2.24, 2.45) is 0 Å². The zero-order valence-corrected chi connectivity index (χ0v) is 12.0. The number of hydrogen-bond acceptors (Lipinski definition) is 6. The van der Waals surface area contributed by atoms with Gasteiger partial charge in [-0.1, -0.05) is 13.0 Å². The lowest BCUT2D eigenvalue weighted by atomic mass is 10.1. The summed E-state index contributed by atoms with van der Waals surface area (Å²) in [5, 5.41) is 14.2. The number of benzene rings is 1. The van der Waals surface area contributed by atoms with Gasteiger partial charge < -0.3 is 14.5 Å². The van der Waals surface area contributed by atoms with Crippen LogP contribution in [0.25, 0.3) is 11.3 Å². The molecule has 0 radical (unpaired) electrons. The van der Waals surface area contributed by atoms with Crippen molar-refractivity contribution in [1.29, 1.82) is 0 Å². The van der Waals surface area contributed by atoms with E-state index in [2.05, 4.69) is 10.3 Å². The van der Waals surface area contributed by atoms with E-state index in [4.69, 9.17) is 9.15 Å². The summed E-state index contributed by atoms with van der Waals surface area (Å²) in [6.07, 6.45) is 2.22. The molecular weight excluding hydrogens is 274 g/mol. The van der Waals surface area contributed by atoms with Gasteiger partial charge in [0.2, 0.25) is 5.75 Å². The van der Waals surface area contributed by atoms with Crippen molar-refractivity contribution in [2.45, 2.75) is 13.3 Å². The SMILES string of the molecule is CCNCCc1ncc(-c2cccc([N+](=O)[O-])c2OC)o1. The second-order valence-electron chi connectivity index (χ2n) is 4.34. The predicted molar refractivity (Wildman–Crippen MR) is 77.4 cm³/mol. The van der Waals surface area contributed by atoms with Gasteiger partial charge >= 0.3 is 5.69 Å². The van der Waals surface area contributed by atoms with Gasteiger partial charge in [0.05, 0.1) is 23.8 Å². The maximum atomic E-state index is 11.0. The van der Waals surface area contributed by atoms with Crippen LogP contribution in [-0.4, -0.2) is 30.1 Å².